The number of aromatic amines is 1. The van der Waals surface area contributed by atoms with Gasteiger partial charge in [0.15, 0.2) is 11.5 Å². The van der Waals surface area contributed by atoms with Crippen molar-refractivity contribution in [2.75, 3.05) is 18.4 Å². The fraction of sp³-hybridized carbons (Fsp3) is 0.296. The number of imidazole rings is 2. The molecule has 0 spiro atoms. The van der Waals surface area contributed by atoms with Gasteiger partial charge < -0.3 is 10.3 Å². The van der Waals surface area contributed by atoms with E-state index in [1.807, 2.05) is 60.7 Å². The summed E-state index contributed by atoms with van der Waals surface area (Å²) in [5, 5.41) is 9.02. The summed E-state index contributed by atoms with van der Waals surface area (Å²) >= 11 is 1.47. The van der Waals surface area contributed by atoms with E-state index in [4.69, 9.17) is 9.97 Å². The standard InChI is InChI=1S/C27H28N10S/c1-18-14-37-23(19-12-29-36(15-19)17-24-31-21-7-3-4-8-22(21)32-24)13-28-27(37)26(30-18)33-25-11-20(34-38-25)16-35-9-5-2-6-10-35/h3-4,7-8,11-15H,2,5-6,9-10,16-17H2,1H3,(H,30,33)(H,31,32). The van der Waals surface area contributed by atoms with E-state index in [9.17, 15) is 0 Å². The third-order valence-electron chi connectivity index (χ3n) is 6.93. The molecule has 38 heavy (non-hydrogen) atoms. The maximum Gasteiger partial charge on any atom is 0.180 e. The number of nitrogens with one attached hydrogen (secondary N) is 2. The maximum absolute atomic E-state index is 4.75. The number of likely N-dealkylation sites (tertiary alicyclic amines) is 1. The Morgan fingerprint density at radius 1 is 1.03 bits per heavy atom. The van der Waals surface area contributed by atoms with Crippen LogP contribution >= 0.6 is 11.5 Å². The van der Waals surface area contributed by atoms with Crippen molar-refractivity contribution in [2.24, 2.45) is 0 Å². The van der Waals surface area contributed by atoms with Crippen molar-refractivity contribution in [1.29, 1.82) is 0 Å². The van der Waals surface area contributed by atoms with Crippen LogP contribution in [0.15, 0.2) is 55.1 Å². The van der Waals surface area contributed by atoms with Gasteiger partial charge in [0, 0.05) is 24.5 Å². The number of hydrogen-bond donors (Lipinski definition) is 2. The number of aryl methyl sites for hydroxylation is 1. The second-order valence-corrected chi connectivity index (χ2v) is 10.6. The van der Waals surface area contributed by atoms with Gasteiger partial charge in [0.05, 0.1) is 47.1 Å². The number of rotatable bonds is 7. The molecule has 6 aromatic rings. The molecule has 5 aromatic heterocycles. The Balaban J connectivity index is 1.12. The number of fused-ring (bicyclic) bond motifs is 2. The van der Waals surface area contributed by atoms with Crippen molar-refractivity contribution in [3.63, 3.8) is 0 Å². The third kappa shape index (κ3) is 4.54. The first-order valence-corrected chi connectivity index (χ1v) is 13.7. The SMILES string of the molecule is Cc1cn2c(-c3cnn(Cc4nc5ccccc5[nH]4)c3)cnc2c(Nc2cc(CN3CCCCC3)ns2)n1. The van der Waals surface area contributed by atoms with Crippen molar-refractivity contribution < 1.29 is 0 Å². The van der Waals surface area contributed by atoms with Gasteiger partial charge in [0.25, 0.3) is 0 Å². The van der Waals surface area contributed by atoms with Crippen LogP contribution in [0.5, 0.6) is 0 Å². The Hall–Kier alpha value is -4.09. The quantitative estimate of drug-likeness (QED) is 0.302. The first-order chi connectivity index (χ1) is 18.7. The summed E-state index contributed by atoms with van der Waals surface area (Å²) in [4.78, 5) is 20.0. The van der Waals surface area contributed by atoms with Crippen molar-refractivity contribution in [1.82, 2.24) is 43.4 Å². The van der Waals surface area contributed by atoms with Crippen LogP contribution in [-0.2, 0) is 13.1 Å². The smallest absolute Gasteiger partial charge is 0.180 e. The lowest BCUT2D eigenvalue weighted by Crippen LogP contribution is -2.29. The fourth-order valence-corrected chi connectivity index (χ4v) is 5.79. The van der Waals surface area contributed by atoms with Crippen molar-refractivity contribution >= 4 is 39.0 Å². The first-order valence-electron chi connectivity index (χ1n) is 12.9. The van der Waals surface area contributed by atoms with E-state index in [1.165, 1.54) is 30.8 Å². The van der Waals surface area contributed by atoms with E-state index in [-0.39, 0.29) is 0 Å². The molecule has 2 N–H and O–H groups in total. The molecule has 192 valence electrons. The van der Waals surface area contributed by atoms with Gasteiger partial charge in [-0.15, -0.1) is 0 Å². The van der Waals surface area contributed by atoms with E-state index >= 15 is 0 Å². The topological polar surface area (TPSA) is 105 Å². The first kappa shape index (κ1) is 23.1. The fourth-order valence-electron chi connectivity index (χ4n) is 5.13. The molecule has 0 radical (unpaired) electrons. The van der Waals surface area contributed by atoms with Gasteiger partial charge in [-0.05, 0) is 62.6 Å². The van der Waals surface area contributed by atoms with Gasteiger partial charge >= 0.3 is 0 Å². The molecule has 1 aromatic carbocycles. The molecule has 0 amide bonds. The minimum Gasteiger partial charge on any atom is -0.340 e. The Kier molecular flexibility index (Phi) is 5.86. The van der Waals surface area contributed by atoms with Crippen LogP contribution < -0.4 is 5.32 Å². The molecule has 6 heterocycles. The minimum atomic E-state index is 0.559. The molecule has 0 aliphatic carbocycles. The van der Waals surface area contributed by atoms with Crippen molar-refractivity contribution in [3.05, 3.63) is 72.3 Å². The highest BCUT2D eigenvalue weighted by atomic mass is 32.1. The average Bonchev–Trinajstić information content (AvgIpc) is 3.71. The zero-order valence-electron chi connectivity index (χ0n) is 21.1. The number of nitrogens with zero attached hydrogens (tertiary/aromatic N) is 8. The van der Waals surface area contributed by atoms with Crippen LogP contribution in [0.1, 0.15) is 36.5 Å². The lowest BCUT2D eigenvalue weighted by molar-refractivity contribution is 0.219. The number of para-hydroxylation sites is 2. The summed E-state index contributed by atoms with van der Waals surface area (Å²) in [6.45, 7) is 5.77. The summed E-state index contributed by atoms with van der Waals surface area (Å²) < 4.78 is 8.64. The Morgan fingerprint density at radius 3 is 2.82 bits per heavy atom. The van der Waals surface area contributed by atoms with E-state index in [0.717, 1.165) is 75.6 Å². The summed E-state index contributed by atoms with van der Waals surface area (Å²) in [5.74, 6) is 1.59. The van der Waals surface area contributed by atoms with Crippen molar-refractivity contribution in [2.45, 2.75) is 39.3 Å². The maximum atomic E-state index is 4.75. The molecule has 10 nitrogen and oxygen atoms in total. The number of piperidine rings is 1. The predicted molar refractivity (Wildman–Crippen MR) is 149 cm³/mol. The molecule has 11 heteroatoms. The van der Waals surface area contributed by atoms with Gasteiger partial charge in [-0.2, -0.15) is 9.47 Å². The molecule has 0 atom stereocenters. The lowest BCUT2D eigenvalue weighted by atomic mass is 10.1. The van der Waals surface area contributed by atoms with E-state index < -0.39 is 0 Å². The molecule has 0 unspecified atom stereocenters. The highest BCUT2D eigenvalue weighted by molar-refractivity contribution is 7.10. The third-order valence-corrected chi connectivity index (χ3v) is 7.67. The number of anilines is 2. The Labute approximate surface area is 223 Å². The van der Waals surface area contributed by atoms with Gasteiger partial charge in [-0.1, -0.05) is 18.6 Å². The number of hydrogen-bond acceptors (Lipinski definition) is 8. The van der Waals surface area contributed by atoms with Crippen LogP contribution in [-0.4, -0.2) is 56.5 Å². The van der Waals surface area contributed by atoms with Crippen LogP contribution in [0.2, 0.25) is 0 Å². The van der Waals surface area contributed by atoms with E-state index in [1.54, 1.807) is 0 Å². The molecule has 1 saturated heterocycles. The van der Waals surface area contributed by atoms with Crippen molar-refractivity contribution in [3.8, 4) is 11.3 Å². The largest absolute Gasteiger partial charge is 0.340 e. The Morgan fingerprint density at radius 2 is 1.92 bits per heavy atom. The normalized spacial score (nSPS) is 14.6. The van der Waals surface area contributed by atoms with E-state index in [0.29, 0.717) is 6.54 Å². The molecular weight excluding hydrogens is 496 g/mol. The summed E-state index contributed by atoms with van der Waals surface area (Å²) in [7, 11) is 0. The minimum absolute atomic E-state index is 0.559. The van der Waals surface area contributed by atoms with Gasteiger partial charge in [-0.3, -0.25) is 14.0 Å². The van der Waals surface area contributed by atoms with Crippen LogP contribution in [0.25, 0.3) is 27.9 Å². The average molecular weight is 525 g/mol. The van der Waals surface area contributed by atoms with Crippen LogP contribution in [0, 0.1) is 6.92 Å². The zero-order valence-corrected chi connectivity index (χ0v) is 21.9. The molecule has 1 aliphatic rings. The molecule has 0 saturated carbocycles. The molecular formula is C27H28N10S. The second-order valence-electron chi connectivity index (χ2n) is 9.84. The predicted octanol–water partition coefficient (Wildman–Crippen LogP) is 5.01. The van der Waals surface area contributed by atoms with Crippen LogP contribution in [0.4, 0.5) is 10.8 Å². The summed E-state index contributed by atoms with van der Waals surface area (Å²) in [6.07, 6.45) is 11.7. The highest BCUT2D eigenvalue weighted by Gasteiger charge is 2.16. The molecule has 7 rings (SSSR count). The molecule has 0 bridgehead atoms. The number of H-pyrrole nitrogens is 1. The summed E-state index contributed by atoms with van der Waals surface area (Å²) in [5.41, 5.74) is 6.68. The van der Waals surface area contributed by atoms with Gasteiger partial charge in [0.1, 0.15) is 10.8 Å². The second kappa shape index (κ2) is 9.66. The van der Waals surface area contributed by atoms with Crippen LogP contribution in [0.3, 0.4) is 0 Å². The summed E-state index contributed by atoms with van der Waals surface area (Å²) in [6, 6.07) is 10.2. The monoisotopic (exact) mass is 524 g/mol. The molecule has 1 aliphatic heterocycles. The Bertz CT molecular complexity index is 1690. The zero-order chi connectivity index (χ0) is 25.5. The van der Waals surface area contributed by atoms with Gasteiger partial charge in [-0.25, -0.2) is 15.0 Å². The highest BCUT2D eigenvalue weighted by Crippen LogP contribution is 2.28. The number of benzene rings is 1. The number of aromatic nitrogens is 8. The van der Waals surface area contributed by atoms with Gasteiger partial charge in [0.2, 0.25) is 0 Å². The van der Waals surface area contributed by atoms with E-state index in [2.05, 4.69) is 40.1 Å². The molecule has 1 fully saturated rings. The lowest BCUT2D eigenvalue weighted by Gasteiger charge is -2.25.